The molecular weight excluding hydrogens is 248 g/mol. The van der Waals surface area contributed by atoms with Crippen LogP contribution in [0.3, 0.4) is 0 Å². The maximum Gasteiger partial charge on any atom is 0.145 e. The molecule has 0 fully saturated rings. The second kappa shape index (κ2) is 6.15. The van der Waals surface area contributed by atoms with Gasteiger partial charge in [0.15, 0.2) is 0 Å². The molecule has 0 N–H and O–H groups in total. The molecule has 0 atom stereocenters. The molecule has 0 aliphatic carbocycles. The van der Waals surface area contributed by atoms with Gasteiger partial charge in [-0.05, 0) is 23.8 Å². The number of benzene rings is 1. The Morgan fingerprint density at radius 1 is 1.22 bits per heavy atom. The van der Waals surface area contributed by atoms with Gasteiger partial charge in [-0.25, -0.2) is 4.98 Å². The van der Waals surface area contributed by atoms with Crippen molar-refractivity contribution in [3.05, 3.63) is 64.4 Å². The molecule has 0 saturated heterocycles. The molecule has 90 valence electrons. The van der Waals surface area contributed by atoms with E-state index < -0.39 is 0 Å². The van der Waals surface area contributed by atoms with E-state index in [4.69, 9.17) is 21.6 Å². The van der Waals surface area contributed by atoms with Gasteiger partial charge < -0.3 is 4.74 Å². The van der Waals surface area contributed by atoms with Gasteiger partial charge in [-0.1, -0.05) is 29.8 Å². The highest BCUT2D eigenvalue weighted by Gasteiger charge is 2.02. The second-order valence-corrected chi connectivity index (χ2v) is 4.18. The fourth-order valence-corrected chi connectivity index (χ4v) is 1.77. The number of ether oxygens (including phenoxy) is 1. The SMILES string of the molecule is N#Cc1ncccc1COCc1cccc(Cl)c1. The van der Waals surface area contributed by atoms with Crippen LogP contribution in [0.4, 0.5) is 0 Å². The van der Waals surface area contributed by atoms with Crippen LogP contribution in [-0.2, 0) is 18.0 Å². The third-order valence-corrected chi connectivity index (χ3v) is 2.65. The number of rotatable bonds is 4. The van der Waals surface area contributed by atoms with Gasteiger partial charge in [-0.2, -0.15) is 5.26 Å². The van der Waals surface area contributed by atoms with Crippen LogP contribution in [-0.4, -0.2) is 4.98 Å². The van der Waals surface area contributed by atoms with Gasteiger partial charge in [0.2, 0.25) is 0 Å². The van der Waals surface area contributed by atoms with Gasteiger partial charge in [-0.3, -0.25) is 0 Å². The summed E-state index contributed by atoms with van der Waals surface area (Å²) in [4.78, 5) is 3.97. The second-order valence-electron chi connectivity index (χ2n) is 3.75. The lowest BCUT2D eigenvalue weighted by molar-refractivity contribution is 0.107. The summed E-state index contributed by atoms with van der Waals surface area (Å²) < 4.78 is 5.55. The zero-order chi connectivity index (χ0) is 12.8. The summed E-state index contributed by atoms with van der Waals surface area (Å²) in [6.45, 7) is 0.823. The summed E-state index contributed by atoms with van der Waals surface area (Å²) in [5, 5.41) is 9.58. The highest BCUT2D eigenvalue weighted by molar-refractivity contribution is 6.30. The van der Waals surface area contributed by atoms with Crippen molar-refractivity contribution in [1.82, 2.24) is 4.98 Å². The number of nitriles is 1. The first-order valence-electron chi connectivity index (χ1n) is 5.46. The summed E-state index contributed by atoms with van der Waals surface area (Å²) in [5.74, 6) is 0. The van der Waals surface area contributed by atoms with Gasteiger partial charge in [-0.15, -0.1) is 0 Å². The Hall–Kier alpha value is -1.89. The summed E-state index contributed by atoms with van der Waals surface area (Å²) in [7, 11) is 0. The van der Waals surface area contributed by atoms with Crippen molar-refractivity contribution in [2.75, 3.05) is 0 Å². The maximum absolute atomic E-state index is 8.89. The quantitative estimate of drug-likeness (QED) is 0.845. The van der Waals surface area contributed by atoms with Gasteiger partial charge in [0.25, 0.3) is 0 Å². The number of hydrogen-bond donors (Lipinski definition) is 0. The van der Waals surface area contributed by atoms with Gasteiger partial charge in [0.1, 0.15) is 11.8 Å². The number of hydrogen-bond acceptors (Lipinski definition) is 3. The molecular formula is C14H11ClN2O. The monoisotopic (exact) mass is 258 g/mol. The van der Waals surface area contributed by atoms with Crippen molar-refractivity contribution in [2.45, 2.75) is 13.2 Å². The van der Waals surface area contributed by atoms with Crippen LogP contribution in [0.25, 0.3) is 0 Å². The highest BCUT2D eigenvalue weighted by Crippen LogP contribution is 2.13. The largest absolute Gasteiger partial charge is 0.372 e. The van der Waals surface area contributed by atoms with Crippen LogP contribution in [0.2, 0.25) is 5.02 Å². The van der Waals surface area contributed by atoms with E-state index in [1.807, 2.05) is 36.4 Å². The van der Waals surface area contributed by atoms with Crippen molar-refractivity contribution < 1.29 is 4.74 Å². The molecule has 4 heteroatoms. The maximum atomic E-state index is 8.89. The summed E-state index contributed by atoms with van der Waals surface area (Å²) >= 11 is 5.88. The van der Waals surface area contributed by atoms with Crippen LogP contribution in [0.1, 0.15) is 16.8 Å². The Balaban J connectivity index is 1.95. The van der Waals surface area contributed by atoms with Crippen LogP contribution in [0, 0.1) is 11.3 Å². The Bertz CT molecular complexity index is 578. The lowest BCUT2D eigenvalue weighted by atomic mass is 10.2. The molecule has 0 amide bonds. The molecule has 2 rings (SSSR count). The number of aromatic nitrogens is 1. The number of nitrogens with zero attached hydrogens (tertiary/aromatic N) is 2. The smallest absolute Gasteiger partial charge is 0.145 e. The average molecular weight is 259 g/mol. The molecule has 3 nitrogen and oxygen atoms in total. The summed E-state index contributed by atoms with van der Waals surface area (Å²) in [6.07, 6.45) is 1.60. The van der Waals surface area contributed by atoms with E-state index >= 15 is 0 Å². The molecule has 0 aliphatic rings. The first-order valence-corrected chi connectivity index (χ1v) is 5.83. The van der Waals surface area contributed by atoms with E-state index in [1.165, 1.54) is 0 Å². The van der Waals surface area contributed by atoms with Crippen molar-refractivity contribution in [3.63, 3.8) is 0 Å². The highest BCUT2D eigenvalue weighted by atomic mass is 35.5. The Morgan fingerprint density at radius 3 is 2.89 bits per heavy atom. The zero-order valence-electron chi connectivity index (χ0n) is 9.64. The fraction of sp³-hybridized carbons (Fsp3) is 0.143. The van der Waals surface area contributed by atoms with Gasteiger partial charge >= 0.3 is 0 Å². The van der Waals surface area contributed by atoms with E-state index in [0.29, 0.717) is 23.9 Å². The van der Waals surface area contributed by atoms with Crippen molar-refractivity contribution in [2.24, 2.45) is 0 Å². The number of pyridine rings is 1. The summed E-state index contributed by atoms with van der Waals surface area (Å²) in [5.41, 5.74) is 2.20. The minimum absolute atomic E-state index is 0.364. The normalized spacial score (nSPS) is 10.0. The summed E-state index contributed by atoms with van der Waals surface area (Å²) in [6, 6.07) is 13.2. The average Bonchev–Trinajstić information content (AvgIpc) is 2.39. The van der Waals surface area contributed by atoms with E-state index in [0.717, 1.165) is 11.1 Å². The molecule has 0 spiro atoms. The molecule has 1 aromatic heterocycles. The van der Waals surface area contributed by atoms with E-state index in [-0.39, 0.29) is 0 Å². The third-order valence-electron chi connectivity index (χ3n) is 2.41. The van der Waals surface area contributed by atoms with E-state index in [1.54, 1.807) is 12.3 Å². The molecule has 0 saturated carbocycles. The van der Waals surface area contributed by atoms with Crippen molar-refractivity contribution in [1.29, 1.82) is 5.26 Å². The van der Waals surface area contributed by atoms with Crippen LogP contribution in [0.15, 0.2) is 42.6 Å². The first kappa shape index (κ1) is 12.6. The molecule has 0 aliphatic heterocycles. The standard InChI is InChI=1S/C14H11ClN2O/c15-13-5-1-3-11(7-13)9-18-10-12-4-2-6-17-14(12)8-16/h1-7H,9-10H2. The Morgan fingerprint density at radius 2 is 2.11 bits per heavy atom. The Kier molecular flexibility index (Phi) is 4.30. The molecule has 1 heterocycles. The lowest BCUT2D eigenvalue weighted by Crippen LogP contribution is -1.98. The Labute approximate surface area is 111 Å². The molecule has 2 aromatic rings. The topological polar surface area (TPSA) is 45.9 Å². The fourth-order valence-electron chi connectivity index (χ4n) is 1.56. The predicted molar refractivity (Wildman–Crippen MR) is 68.9 cm³/mol. The van der Waals surface area contributed by atoms with Gasteiger partial charge in [0, 0.05) is 16.8 Å². The molecule has 0 bridgehead atoms. The van der Waals surface area contributed by atoms with Crippen LogP contribution < -0.4 is 0 Å². The van der Waals surface area contributed by atoms with Crippen molar-refractivity contribution >= 4 is 11.6 Å². The molecule has 18 heavy (non-hydrogen) atoms. The molecule has 0 unspecified atom stereocenters. The first-order chi connectivity index (χ1) is 8.79. The van der Waals surface area contributed by atoms with Crippen LogP contribution >= 0.6 is 11.6 Å². The lowest BCUT2D eigenvalue weighted by Gasteiger charge is -2.05. The predicted octanol–water partition coefficient (Wildman–Crippen LogP) is 3.32. The minimum Gasteiger partial charge on any atom is -0.372 e. The number of halogens is 1. The minimum atomic E-state index is 0.364. The zero-order valence-corrected chi connectivity index (χ0v) is 10.4. The van der Waals surface area contributed by atoms with E-state index in [9.17, 15) is 0 Å². The molecule has 0 radical (unpaired) electrons. The van der Waals surface area contributed by atoms with Crippen LogP contribution in [0.5, 0.6) is 0 Å². The molecule has 1 aromatic carbocycles. The van der Waals surface area contributed by atoms with Crippen molar-refractivity contribution in [3.8, 4) is 6.07 Å². The van der Waals surface area contributed by atoms with E-state index in [2.05, 4.69) is 4.98 Å². The third kappa shape index (κ3) is 3.30. The van der Waals surface area contributed by atoms with Gasteiger partial charge in [0.05, 0.1) is 13.2 Å².